The molecule has 0 saturated heterocycles. The van der Waals surface area contributed by atoms with E-state index < -0.39 is 0 Å². The second-order valence-corrected chi connectivity index (χ2v) is 4.65. The molecular formula is C11H12N2S2. The van der Waals surface area contributed by atoms with Gasteiger partial charge in [0.25, 0.3) is 0 Å². The van der Waals surface area contributed by atoms with Crippen molar-refractivity contribution in [3.8, 4) is 10.6 Å². The minimum atomic E-state index is 0.707. The van der Waals surface area contributed by atoms with Crippen LogP contribution in [0, 0.1) is 11.6 Å². The van der Waals surface area contributed by atoms with Gasteiger partial charge >= 0.3 is 0 Å². The van der Waals surface area contributed by atoms with Gasteiger partial charge in [0.05, 0.1) is 16.9 Å². The number of thiophene rings is 1. The Morgan fingerprint density at radius 3 is 2.93 bits per heavy atom. The number of nitrogens with zero attached hydrogens (tertiary/aromatic N) is 1. The quantitative estimate of drug-likeness (QED) is 0.805. The van der Waals surface area contributed by atoms with Crippen LogP contribution < -0.4 is 0 Å². The van der Waals surface area contributed by atoms with Gasteiger partial charge in [0, 0.05) is 5.56 Å². The molecule has 0 saturated carbocycles. The Kier molecular flexibility index (Phi) is 2.98. The first-order valence-electron chi connectivity index (χ1n) is 4.85. The molecule has 0 spiro atoms. The van der Waals surface area contributed by atoms with E-state index in [0.29, 0.717) is 4.64 Å². The molecule has 0 bridgehead atoms. The van der Waals surface area contributed by atoms with E-state index in [4.69, 9.17) is 12.2 Å². The molecule has 78 valence electrons. The molecule has 2 nitrogen and oxygen atoms in total. The van der Waals surface area contributed by atoms with Gasteiger partial charge in [-0.2, -0.15) is 0 Å². The lowest BCUT2D eigenvalue weighted by molar-refractivity contribution is 1.04. The molecule has 15 heavy (non-hydrogen) atoms. The van der Waals surface area contributed by atoms with Crippen molar-refractivity contribution in [2.24, 2.45) is 0 Å². The fourth-order valence-corrected chi connectivity index (χ4v) is 2.85. The topological polar surface area (TPSA) is 28.7 Å². The molecule has 0 unspecified atom stereocenters. The first-order chi connectivity index (χ1) is 7.24. The van der Waals surface area contributed by atoms with Crippen molar-refractivity contribution in [1.29, 1.82) is 0 Å². The lowest BCUT2D eigenvalue weighted by atomic mass is 10.1. The maximum Gasteiger partial charge on any atom is 0.133 e. The maximum absolute atomic E-state index is 5.23. The second kappa shape index (κ2) is 4.24. The molecule has 0 atom stereocenters. The number of nitrogens with one attached hydrogen (secondary N) is 1. The van der Waals surface area contributed by atoms with Crippen LogP contribution in [0.15, 0.2) is 17.8 Å². The van der Waals surface area contributed by atoms with E-state index in [1.807, 2.05) is 0 Å². The summed E-state index contributed by atoms with van der Waals surface area (Å²) in [5, 5.41) is 2.10. The summed E-state index contributed by atoms with van der Waals surface area (Å²) in [6, 6.07) is 2.12. The van der Waals surface area contributed by atoms with Crippen LogP contribution in [0.1, 0.15) is 18.1 Å². The lowest BCUT2D eigenvalue weighted by Crippen LogP contribution is -1.94. The van der Waals surface area contributed by atoms with Crippen LogP contribution in [0.25, 0.3) is 10.6 Å². The number of hydrogen-bond acceptors (Lipinski definition) is 3. The Balaban J connectivity index is 2.68. The standard InChI is InChI=1S/C11H12N2S2/c1-3-8-9(12-6-13-11(8)14)10-7(2)4-5-15-10/h4-6H,3H2,1-2H3,(H,12,13,14). The predicted octanol–water partition coefficient (Wildman–Crippen LogP) is 3.74. The fraction of sp³-hybridized carbons (Fsp3) is 0.273. The van der Waals surface area contributed by atoms with E-state index in [9.17, 15) is 0 Å². The van der Waals surface area contributed by atoms with E-state index in [1.54, 1.807) is 17.7 Å². The summed E-state index contributed by atoms with van der Waals surface area (Å²) in [5.41, 5.74) is 3.55. The third-order valence-electron chi connectivity index (χ3n) is 2.39. The molecule has 0 aliphatic carbocycles. The lowest BCUT2D eigenvalue weighted by Gasteiger charge is -2.06. The Morgan fingerprint density at radius 2 is 2.33 bits per heavy atom. The highest BCUT2D eigenvalue weighted by Gasteiger charge is 2.09. The second-order valence-electron chi connectivity index (χ2n) is 3.35. The summed E-state index contributed by atoms with van der Waals surface area (Å²) in [5.74, 6) is 0. The molecule has 2 aromatic heterocycles. The van der Waals surface area contributed by atoms with Gasteiger partial charge in [0.1, 0.15) is 4.64 Å². The molecule has 0 aliphatic rings. The van der Waals surface area contributed by atoms with Crippen molar-refractivity contribution in [3.05, 3.63) is 33.5 Å². The third kappa shape index (κ3) is 1.87. The number of hydrogen-bond donors (Lipinski definition) is 1. The molecule has 2 aromatic rings. The summed E-state index contributed by atoms with van der Waals surface area (Å²) in [6.45, 7) is 4.22. The summed E-state index contributed by atoms with van der Waals surface area (Å²) < 4.78 is 0.707. The van der Waals surface area contributed by atoms with Crippen LogP contribution in [0.4, 0.5) is 0 Å². The minimum absolute atomic E-state index is 0.707. The Morgan fingerprint density at radius 1 is 1.53 bits per heavy atom. The minimum Gasteiger partial charge on any atom is -0.345 e. The largest absolute Gasteiger partial charge is 0.345 e. The Labute approximate surface area is 98.0 Å². The van der Waals surface area contributed by atoms with Crippen molar-refractivity contribution in [3.63, 3.8) is 0 Å². The zero-order chi connectivity index (χ0) is 10.8. The number of rotatable bonds is 2. The summed E-state index contributed by atoms with van der Waals surface area (Å²) >= 11 is 6.96. The van der Waals surface area contributed by atoms with E-state index in [1.165, 1.54) is 10.4 Å². The molecule has 2 heterocycles. The zero-order valence-electron chi connectivity index (χ0n) is 8.70. The molecule has 0 radical (unpaired) electrons. The van der Waals surface area contributed by atoms with Crippen LogP contribution in [-0.2, 0) is 6.42 Å². The van der Waals surface area contributed by atoms with E-state index in [-0.39, 0.29) is 0 Å². The zero-order valence-corrected chi connectivity index (χ0v) is 10.3. The van der Waals surface area contributed by atoms with Crippen molar-refractivity contribution in [2.45, 2.75) is 20.3 Å². The van der Waals surface area contributed by atoms with Gasteiger partial charge in [-0.3, -0.25) is 0 Å². The Bertz CT molecular complexity index is 525. The average molecular weight is 236 g/mol. The van der Waals surface area contributed by atoms with Crippen molar-refractivity contribution < 1.29 is 0 Å². The highest BCUT2D eigenvalue weighted by molar-refractivity contribution is 7.71. The fourth-order valence-electron chi connectivity index (χ4n) is 1.59. The smallest absolute Gasteiger partial charge is 0.133 e. The molecule has 0 aliphatic heterocycles. The summed E-state index contributed by atoms with van der Waals surface area (Å²) in [4.78, 5) is 8.58. The molecular weight excluding hydrogens is 224 g/mol. The Hall–Kier alpha value is -1.00. The summed E-state index contributed by atoms with van der Waals surface area (Å²) in [6.07, 6.45) is 2.59. The van der Waals surface area contributed by atoms with Crippen molar-refractivity contribution in [2.75, 3.05) is 0 Å². The van der Waals surface area contributed by atoms with Crippen LogP contribution in [0.5, 0.6) is 0 Å². The van der Waals surface area contributed by atoms with Gasteiger partial charge in [0.2, 0.25) is 0 Å². The van der Waals surface area contributed by atoms with Crippen LogP contribution >= 0.6 is 23.6 Å². The van der Waals surface area contributed by atoms with Gasteiger partial charge in [-0.15, -0.1) is 11.3 Å². The van der Waals surface area contributed by atoms with Crippen LogP contribution in [-0.4, -0.2) is 9.97 Å². The number of aromatic amines is 1. The molecule has 0 fully saturated rings. The first-order valence-corrected chi connectivity index (χ1v) is 6.14. The molecule has 4 heteroatoms. The van der Waals surface area contributed by atoms with Crippen LogP contribution in [0.2, 0.25) is 0 Å². The third-order valence-corrected chi connectivity index (χ3v) is 3.78. The highest BCUT2D eigenvalue weighted by atomic mass is 32.1. The van der Waals surface area contributed by atoms with E-state index >= 15 is 0 Å². The van der Waals surface area contributed by atoms with Gasteiger partial charge in [-0.05, 0) is 30.4 Å². The predicted molar refractivity (Wildman–Crippen MR) is 66.8 cm³/mol. The molecule has 0 aromatic carbocycles. The number of aryl methyl sites for hydroxylation is 1. The number of aromatic nitrogens is 2. The van der Waals surface area contributed by atoms with Gasteiger partial charge in [0.15, 0.2) is 0 Å². The van der Waals surface area contributed by atoms with Gasteiger partial charge in [-0.1, -0.05) is 19.1 Å². The monoisotopic (exact) mass is 236 g/mol. The highest BCUT2D eigenvalue weighted by Crippen LogP contribution is 2.30. The van der Waals surface area contributed by atoms with Crippen LogP contribution in [0.3, 0.4) is 0 Å². The normalized spacial score (nSPS) is 10.5. The summed E-state index contributed by atoms with van der Waals surface area (Å²) in [7, 11) is 0. The molecule has 2 rings (SSSR count). The first kappa shape index (κ1) is 10.5. The van der Waals surface area contributed by atoms with E-state index in [0.717, 1.165) is 17.7 Å². The van der Waals surface area contributed by atoms with Gasteiger partial charge in [-0.25, -0.2) is 4.98 Å². The number of H-pyrrole nitrogens is 1. The van der Waals surface area contributed by atoms with Crippen molar-refractivity contribution in [1.82, 2.24) is 9.97 Å². The average Bonchev–Trinajstić information content (AvgIpc) is 2.64. The maximum atomic E-state index is 5.23. The SMILES string of the molecule is CCc1c(-c2sccc2C)[nH]cnc1=S. The molecule has 1 N–H and O–H groups in total. The van der Waals surface area contributed by atoms with Crippen molar-refractivity contribution >= 4 is 23.6 Å². The molecule has 0 amide bonds. The van der Waals surface area contributed by atoms with E-state index in [2.05, 4.69) is 35.3 Å². The van der Waals surface area contributed by atoms with Gasteiger partial charge < -0.3 is 4.98 Å².